The third-order valence-electron chi connectivity index (χ3n) is 7.13. The van der Waals surface area contributed by atoms with Gasteiger partial charge in [-0.1, -0.05) is 48.5 Å². The van der Waals surface area contributed by atoms with E-state index in [-0.39, 0.29) is 25.5 Å². The van der Waals surface area contributed by atoms with E-state index in [0.29, 0.717) is 48.0 Å². The molecule has 0 unspecified atom stereocenters. The summed E-state index contributed by atoms with van der Waals surface area (Å²) in [7, 11) is 1.63. The van der Waals surface area contributed by atoms with Gasteiger partial charge in [0.25, 0.3) is 5.91 Å². The molecule has 11 heteroatoms. The summed E-state index contributed by atoms with van der Waals surface area (Å²) < 4.78 is 59.9. The monoisotopic (exact) mass is 598 g/mol. The van der Waals surface area contributed by atoms with Gasteiger partial charge in [0.2, 0.25) is 0 Å². The van der Waals surface area contributed by atoms with Crippen LogP contribution in [0, 0.1) is 5.82 Å². The smallest absolute Gasteiger partial charge is 0.416 e. The predicted octanol–water partition coefficient (Wildman–Crippen LogP) is 6.47. The molecule has 42 heavy (non-hydrogen) atoms. The topological polar surface area (TPSA) is 48.9 Å². The van der Waals surface area contributed by atoms with Crippen LogP contribution in [0.5, 0.6) is 5.75 Å². The number of methoxy groups -OCH3 is 1. The van der Waals surface area contributed by atoms with Gasteiger partial charge in [-0.3, -0.25) is 9.69 Å². The van der Waals surface area contributed by atoms with Crippen molar-refractivity contribution in [3.63, 3.8) is 0 Å². The Kier molecular flexibility index (Phi) is 9.08. The van der Waals surface area contributed by atoms with Gasteiger partial charge in [0.15, 0.2) is 0 Å². The number of carbonyl (C=O) groups excluding carboxylic acids is 1. The maximum absolute atomic E-state index is 14.5. The van der Waals surface area contributed by atoms with Gasteiger partial charge in [0, 0.05) is 50.2 Å². The summed E-state index contributed by atoms with van der Waals surface area (Å²) >= 11 is 1.30. The second-order valence-electron chi connectivity index (χ2n) is 10.0. The SMILES string of the molecule is COc1ccccc1N1CCN(C(=O)c2csc(CN(Cc3cccc(C(F)(F)F)c3)Cc3ccccc3F)n2)CC1. The molecule has 1 aliphatic heterocycles. The number of ether oxygens (including phenoxy) is 1. The van der Waals surface area contributed by atoms with Gasteiger partial charge in [-0.05, 0) is 29.8 Å². The highest BCUT2D eigenvalue weighted by molar-refractivity contribution is 7.09. The lowest BCUT2D eigenvalue weighted by Gasteiger charge is -2.36. The highest BCUT2D eigenvalue weighted by Crippen LogP contribution is 2.31. The molecule has 0 radical (unpaired) electrons. The van der Waals surface area contributed by atoms with Crippen LogP contribution in [0.2, 0.25) is 0 Å². The number of aromatic nitrogens is 1. The third kappa shape index (κ3) is 7.08. The van der Waals surface area contributed by atoms with Crippen LogP contribution in [0.25, 0.3) is 0 Å². The minimum Gasteiger partial charge on any atom is -0.495 e. The third-order valence-corrected chi connectivity index (χ3v) is 7.97. The molecule has 0 bridgehead atoms. The first-order chi connectivity index (χ1) is 20.2. The van der Waals surface area contributed by atoms with Crippen LogP contribution in [0.1, 0.15) is 32.2 Å². The number of nitrogens with zero attached hydrogens (tertiary/aromatic N) is 4. The minimum absolute atomic E-state index is 0.145. The van der Waals surface area contributed by atoms with Gasteiger partial charge in [-0.2, -0.15) is 13.2 Å². The van der Waals surface area contributed by atoms with E-state index >= 15 is 0 Å². The first-order valence-electron chi connectivity index (χ1n) is 13.4. The standard InChI is InChI=1S/C31H30F4N4O2S/c1-41-28-12-5-4-11-27(28)38-13-15-39(16-14-38)30(40)26-21-42-29(36-26)20-37(19-23-8-2-3-10-25(23)32)18-22-7-6-9-24(17-22)31(33,34)35/h2-12,17,21H,13-16,18-20H2,1H3. The fourth-order valence-corrected chi connectivity index (χ4v) is 5.83. The van der Waals surface area contributed by atoms with E-state index in [2.05, 4.69) is 9.88 Å². The van der Waals surface area contributed by atoms with Crippen molar-refractivity contribution in [2.45, 2.75) is 25.8 Å². The van der Waals surface area contributed by atoms with E-state index in [9.17, 15) is 22.4 Å². The number of hydrogen-bond donors (Lipinski definition) is 0. The molecule has 1 aliphatic rings. The summed E-state index contributed by atoms with van der Waals surface area (Å²) in [6.45, 7) is 2.90. The molecule has 1 aromatic heterocycles. The highest BCUT2D eigenvalue weighted by atomic mass is 32.1. The molecule has 0 N–H and O–H groups in total. The minimum atomic E-state index is -4.46. The summed E-state index contributed by atoms with van der Waals surface area (Å²) in [6.07, 6.45) is -4.46. The zero-order valence-electron chi connectivity index (χ0n) is 23.0. The predicted molar refractivity (Wildman–Crippen MR) is 154 cm³/mol. The molecule has 6 nitrogen and oxygen atoms in total. The van der Waals surface area contributed by atoms with Crippen LogP contribution in [0.3, 0.4) is 0 Å². The fourth-order valence-electron chi connectivity index (χ4n) is 5.02. The van der Waals surface area contributed by atoms with Crippen molar-refractivity contribution in [2.75, 3.05) is 38.2 Å². The molecule has 5 rings (SSSR count). The lowest BCUT2D eigenvalue weighted by molar-refractivity contribution is -0.137. The molecule has 220 valence electrons. The quantitative estimate of drug-likeness (QED) is 0.207. The molecule has 1 saturated heterocycles. The van der Waals surface area contributed by atoms with Gasteiger partial charge >= 0.3 is 6.18 Å². The summed E-state index contributed by atoms with van der Waals surface area (Å²) in [5, 5.41) is 2.32. The summed E-state index contributed by atoms with van der Waals surface area (Å²) in [5.41, 5.74) is 1.44. The molecule has 0 atom stereocenters. The zero-order valence-corrected chi connectivity index (χ0v) is 23.8. The summed E-state index contributed by atoms with van der Waals surface area (Å²) in [4.78, 5) is 23.6. The molecule has 3 aromatic carbocycles. The number of halogens is 4. The lowest BCUT2D eigenvalue weighted by atomic mass is 10.1. The maximum atomic E-state index is 14.5. The van der Waals surface area contributed by atoms with Crippen molar-refractivity contribution in [1.29, 1.82) is 0 Å². The fraction of sp³-hybridized carbons (Fsp3) is 0.290. The number of alkyl halides is 3. The van der Waals surface area contributed by atoms with Crippen molar-refractivity contribution < 1.29 is 27.1 Å². The van der Waals surface area contributed by atoms with Crippen molar-refractivity contribution in [1.82, 2.24) is 14.8 Å². The Labute approximate surface area is 245 Å². The van der Waals surface area contributed by atoms with Gasteiger partial charge in [-0.25, -0.2) is 9.37 Å². The number of rotatable bonds is 9. The van der Waals surface area contributed by atoms with E-state index in [4.69, 9.17) is 4.74 Å². The van der Waals surface area contributed by atoms with E-state index in [0.717, 1.165) is 23.6 Å². The molecule has 2 heterocycles. The lowest BCUT2D eigenvalue weighted by Crippen LogP contribution is -2.49. The van der Waals surface area contributed by atoms with Crippen molar-refractivity contribution in [3.8, 4) is 5.75 Å². The number of benzene rings is 3. The van der Waals surface area contributed by atoms with Gasteiger partial charge in [-0.15, -0.1) is 11.3 Å². The van der Waals surface area contributed by atoms with E-state index in [1.54, 1.807) is 41.7 Å². The largest absolute Gasteiger partial charge is 0.495 e. The molecule has 4 aromatic rings. The van der Waals surface area contributed by atoms with Gasteiger partial charge in [0.05, 0.1) is 24.9 Å². The number of anilines is 1. The molecule has 0 saturated carbocycles. The van der Waals surface area contributed by atoms with Crippen LogP contribution in [-0.2, 0) is 25.8 Å². The van der Waals surface area contributed by atoms with Crippen LogP contribution in [0.15, 0.2) is 78.2 Å². The molecular weight excluding hydrogens is 568 g/mol. The Balaban J connectivity index is 1.27. The number of piperazine rings is 1. The molecular formula is C31H30F4N4O2S. The average Bonchev–Trinajstić information content (AvgIpc) is 3.46. The maximum Gasteiger partial charge on any atom is 0.416 e. The average molecular weight is 599 g/mol. The number of thiazole rings is 1. The van der Waals surface area contributed by atoms with Crippen LogP contribution in [-0.4, -0.2) is 54.0 Å². The van der Waals surface area contributed by atoms with E-state index in [1.807, 2.05) is 29.2 Å². The normalized spacial score (nSPS) is 14.0. The Morgan fingerprint density at radius 2 is 1.69 bits per heavy atom. The number of hydrogen-bond acceptors (Lipinski definition) is 6. The van der Waals surface area contributed by atoms with Gasteiger partial charge in [0.1, 0.15) is 22.3 Å². The number of para-hydroxylation sites is 2. The van der Waals surface area contributed by atoms with Crippen LogP contribution >= 0.6 is 11.3 Å². The highest BCUT2D eigenvalue weighted by Gasteiger charge is 2.30. The van der Waals surface area contributed by atoms with E-state index in [1.165, 1.54) is 23.5 Å². The Bertz CT molecular complexity index is 1520. The molecule has 1 fully saturated rings. The summed E-state index contributed by atoms with van der Waals surface area (Å²) in [6, 6.07) is 19.2. The Morgan fingerprint density at radius 1 is 0.952 bits per heavy atom. The first-order valence-corrected chi connectivity index (χ1v) is 14.3. The van der Waals surface area contributed by atoms with Crippen molar-refractivity contribution >= 4 is 22.9 Å². The van der Waals surface area contributed by atoms with Crippen molar-refractivity contribution in [3.05, 3.63) is 111 Å². The van der Waals surface area contributed by atoms with Crippen LogP contribution < -0.4 is 9.64 Å². The number of carbonyl (C=O) groups is 1. The van der Waals surface area contributed by atoms with E-state index < -0.39 is 17.6 Å². The Morgan fingerprint density at radius 3 is 2.43 bits per heavy atom. The molecule has 0 aliphatic carbocycles. The summed E-state index contributed by atoms with van der Waals surface area (Å²) in [5.74, 6) is 0.219. The van der Waals surface area contributed by atoms with Gasteiger partial charge < -0.3 is 14.5 Å². The first kappa shape index (κ1) is 29.5. The number of amides is 1. The van der Waals surface area contributed by atoms with Crippen LogP contribution in [0.4, 0.5) is 23.2 Å². The molecule has 0 spiro atoms. The second kappa shape index (κ2) is 12.9. The van der Waals surface area contributed by atoms with Crippen molar-refractivity contribution in [2.24, 2.45) is 0 Å². The Hall–Kier alpha value is -3.96. The second-order valence-corrected chi connectivity index (χ2v) is 11.0. The molecule has 1 amide bonds. The zero-order chi connectivity index (χ0) is 29.7.